The maximum absolute atomic E-state index is 10.9. The van der Waals surface area contributed by atoms with E-state index in [4.69, 9.17) is 5.11 Å². The van der Waals surface area contributed by atoms with Gasteiger partial charge in [0.2, 0.25) is 0 Å². The van der Waals surface area contributed by atoms with Crippen molar-refractivity contribution in [2.75, 3.05) is 13.1 Å². The summed E-state index contributed by atoms with van der Waals surface area (Å²) in [7, 11) is 0. The van der Waals surface area contributed by atoms with Crippen molar-refractivity contribution in [1.82, 2.24) is 4.90 Å². The summed E-state index contributed by atoms with van der Waals surface area (Å²) in [5.74, 6) is -0.763. The number of carboxylic acids is 1. The highest BCUT2D eigenvalue weighted by molar-refractivity contribution is 7.10. The Labute approximate surface area is 106 Å². The molecule has 3 nitrogen and oxygen atoms in total. The predicted molar refractivity (Wildman–Crippen MR) is 69.3 cm³/mol. The zero-order valence-corrected chi connectivity index (χ0v) is 10.9. The minimum Gasteiger partial charge on any atom is -0.481 e. The highest BCUT2D eigenvalue weighted by Gasteiger charge is 2.28. The van der Waals surface area contributed by atoms with Crippen LogP contribution in [0.1, 0.15) is 37.1 Å². The molecule has 1 aliphatic heterocycles. The van der Waals surface area contributed by atoms with Crippen LogP contribution in [0.4, 0.5) is 0 Å². The second-order valence-electron chi connectivity index (χ2n) is 4.59. The predicted octanol–water partition coefficient (Wildman–Crippen LogP) is 3.00. The van der Waals surface area contributed by atoms with Gasteiger partial charge in [-0.15, -0.1) is 11.3 Å². The number of aliphatic carboxylic acids is 1. The van der Waals surface area contributed by atoms with Gasteiger partial charge in [-0.2, -0.15) is 0 Å². The van der Waals surface area contributed by atoms with Gasteiger partial charge in [0.25, 0.3) is 0 Å². The lowest BCUT2D eigenvalue weighted by atomic mass is 9.95. The average Bonchev–Trinajstić information content (AvgIpc) is 2.84. The first kappa shape index (κ1) is 12.6. The first-order valence-electron chi connectivity index (χ1n) is 6.22. The van der Waals surface area contributed by atoms with E-state index in [1.165, 1.54) is 4.88 Å². The molecule has 0 saturated carbocycles. The van der Waals surface area contributed by atoms with E-state index < -0.39 is 5.97 Å². The molecule has 1 atom stereocenters. The third-order valence-corrected chi connectivity index (χ3v) is 4.55. The van der Waals surface area contributed by atoms with Crippen molar-refractivity contribution in [1.29, 1.82) is 0 Å². The van der Waals surface area contributed by atoms with Crippen LogP contribution in [0.3, 0.4) is 0 Å². The summed E-state index contributed by atoms with van der Waals surface area (Å²) in [6.07, 6.45) is 2.67. The molecule has 94 valence electrons. The Bertz CT molecular complexity index is 356. The molecule has 4 heteroatoms. The molecule has 0 radical (unpaired) electrons. The molecular formula is C13H19NO2S. The number of hydrogen-bond acceptors (Lipinski definition) is 3. The van der Waals surface area contributed by atoms with Crippen molar-refractivity contribution in [2.24, 2.45) is 5.92 Å². The minimum absolute atomic E-state index is 0.132. The summed E-state index contributed by atoms with van der Waals surface area (Å²) < 4.78 is 0. The van der Waals surface area contributed by atoms with E-state index in [0.29, 0.717) is 6.04 Å². The Balaban J connectivity index is 1.97. The third kappa shape index (κ3) is 2.87. The van der Waals surface area contributed by atoms with Crippen LogP contribution in [-0.4, -0.2) is 29.1 Å². The lowest BCUT2D eigenvalue weighted by Gasteiger charge is -2.35. The SMILES string of the molecule is CCC(c1cccs1)N1CCC(C(=O)O)CC1. The van der Waals surface area contributed by atoms with Gasteiger partial charge >= 0.3 is 5.97 Å². The molecule has 0 amide bonds. The zero-order chi connectivity index (χ0) is 12.3. The first-order valence-corrected chi connectivity index (χ1v) is 7.10. The molecule has 1 aromatic rings. The molecule has 0 aliphatic carbocycles. The maximum atomic E-state index is 10.9. The molecule has 1 unspecified atom stereocenters. The van der Waals surface area contributed by atoms with E-state index in [1.807, 2.05) is 0 Å². The van der Waals surface area contributed by atoms with E-state index in [-0.39, 0.29) is 5.92 Å². The van der Waals surface area contributed by atoms with Crippen molar-refractivity contribution in [2.45, 2.75) is 32.2 Å². The molecular weight excluding hydrogens is 234 g/mol. The molecule has 0 bridgehead atoms. The van der Waals surface area contributed by atoms with E-state index in [0.717, 1.165) is 32.4 Å². The summed E-state index contributed by atoms with van der Waals surface area (Å²) in [4.78, 5) is 14.8. The number of nitrogens with zero attached hydrogens (tertiary/aromatic N) is 1. The van der Waals surface area contributed by atoms with Crippen molar-refractivity contribution in [3.8, 4) is 0 Å². The molecule has 0 aromatic carbocycles. The smallest absolute Gasteiger partial charge is 0.306 e. The van der Waals surface area contributed by atoms with Crippen LogP contribution in [-0.2, 0) is 4.79 Å². The van der Waals surface area contributed by atoms with Crippen molar-refractivity contribution < 1.29 is 9.90 Å². The number of hydrogen-bond donors (Lipinski definition) is 1. The largest absolute Gasteiger partial charge is 0.481 e. The minimum atomic E-state index is -0.631. The zero-order valence-electron chi connectivity index (χ0n) is 10.1. The monoisotopic (exact) mass is 253 g/mol. The summed E-state index contributed by atoms with van der Waals surface area (Å²) in [6, 6.07) is 4.75. The van der Waals surface area contributed by atoms with E-state index in [1.54, 1.807) is 11.3 Å². The van der Waals surface area contributed by atoms with Crippen molar-refractivity contribution in [3.63, 3.8) is 0 Å². The van der Waals surface area contributed by atoms with E-state index in [2.05, 4.69) is 29.3 Å². The number of carboxylic acid groups (broad SMARTS) is 1. The van der Waals surface area contributed by atoms with Gasteiger partial charge in [-0.25, -0.2) is 0 Å². The molecule has 0 spiro atoms. The second-order valence-corrected chi connectivity index (χ2v) is 5.57. The Kier molecular flexibility index (Phi) is 4.18. The second kappa shape index (κ2) is 5.65. The van der Waals surface area contributed by atoms with Crippen LogP contribution in [0.15, 0.2) is 17.5 Å². The fourth-order valence-electron chi connectivity index (χ4n) is 2.58. The van der Waals surface area contributed by atoms with Crippen molar-refractivity contribution in [3.05, 3.63) is 22.4 Å². The van der Waals surface area contributed by atoms with Gasteiger partial charge in [0, 0.05) is 10.9 Å². The summed E-state index contributed by atoms with van der Waals surface area (Å²) in [6.45, 7) is 4.02. The Hall–Kier alpha value is -0.870. The van der Waals surface area contributed by atoms with Crippen LogP contribution < -0.4 is 0 Å². The Morgan fingerprint density at radius 1 is 1.59 bits per heavy atom. The molecule has 1 N–H and O–H groups in total. The lowest BCUT2D eigenvalue weighted by Crippen LogP contribution is -2.38. The van der Waals surface area contributed by atoms with Gasteiger partial charge in [-0.1, -0.05) is 13.0 Å². The Morgan fingerprint density at radius 2 is 2.29 bits per heavy atom. The molecule has 1 aromatic heterocycles. The van der Waals surface area contributed by atoms with Gasteiger partial charge in [0.05, 0.1) is 5.92 Å². The lowest BCUT2D eigenvalue weighted by molar-refractivity contribution is -0.143. The molecule has 1 fully saturated rings. The average molecular weight is 253 g/mol. The van der Waals surface area contributed by atoms with E-state index >= 15 is 0 Å². The van der Waals surface area contributed by atoms with Gasteiger partial charge in [-0.3, -0.25) is 9.69 Å². The number of thiophene rings is 1. The number of carbonyl (C=O) groups is 1. The topological polar surface area (TPSA) is 40.5 Å². The van der Waals surface area contributed by atoms with Gasteiger partial charge in [0.15, 0.2) is 0 Å². The van der Waals surface area contributed by atoms with Crippen LogP contribution >= 0.6 is 11.3 Å². The van der Waals surface area contributed by atoms with Crippen LogP contribution in [0, 0.1) is 5.92 Å². The fourth-order valence-corrected chi connectivity index (χ4v) is 3.52. The van der Waals surface area contributed by atoms with Gasteiger partial charge in [0.1, 0.15) is 0 Å². The first-order chi connectivity index (χ1) is 8.22. The number of likely N-dealkylation sites (tertiary alicyclic amines) is 1. The van der Waals surface area contributed by atoms with Crippen LogP contribution in [0.25, 0.3) is 0 Å². The number of piperidine rings is 1. The van der Waals surface area contributed by atoms with Crippen LogP contribution in [0.2, 0.25) is 0 Å². The van der Waals surface area contributed by atoms with E-state index in [9.17, 15) is 4.79 Å². The highest BCUT2D eigenvalue weighted by Crippen LogP contribution is 2.31. The summed E-state index contributed by atoms with van der Waals surface area (Å²) in [5.41, 5.74) is 0. The molecule has 17 heavy (non-hydrogen) atoms. The quantitative estimate of drug-likeness (QED) is 0.896. The number of rotatable bonds is 4. The normalized spacial score (nSPS) is 20.3. The van der Waals surface area contributed by atoms with Crippen LogP contribution in [0.5, 0.6) is 0 Å². The van der Waals surface area contributed by atoms with Crippen molar-refractivity contribution >= 4 is 17.3 Å². The molecule has 2 rings (SSSR count). The Morgan fingerprint density at radius 3 is 2.76 bits per heavy atom. The standard InChI is InChI=1S/C13H19NO2S/c1-2-11(12-4-3-9-17-12)14-7-5-10(6-8-14)13(15)16/h3-4,9-11H,2,5-8H2,1H3,(H,15,16). The third-order valence-electron chi connectivity index (χ3n) is 3.58. The molecule has 2 heterocycles. The molecule has 1 aliphatic rings. The maximum Gasteiger partial charge on any atom is 0.306 e. The summed E-state index contributed by atoms with van der Waals surface area (Å²) in [5, 5.41) is 11.1. The highest BCUT2D eigenvalue weighted by atomic mass is 32.1. The van der Waals surface area contributed by atoms with Gasteiger partial charge < -0.3 is 5.11 Å². The fraction of sp³-hybridized carbons (Fsp3) is 0.615. The summed E-state index contributed by atoms with van der Waals surface area (Å²) >= 11 is 1.80. The molecule has 1 saturated heterocycles. The van der Waals surface area contributed by atoms with Gasteiger partial charge in [-0.05, 0) is 43.8 Å².